The van der Waals surface area contributed by atoms with Crippen LogP contribution in [0.25, 0.3) is 11.1 Å². The van der Waals surface area contributed by atoms with Gasteiger partial charge in [0.2, 0.25) is 5.91 Å². The molecule has 6 nitrogen and oxygen atoms in total. The Morgan fingerprint density at radius 3 is 2.77 bits per heavy atom. The summed E-state index contributed by atoms with van der Waals surface area (Å²) in [6, 6.07) is 12.4. The third-order valence-corrected chi connectivity index (χ3v) is 5.72. The molecule has 30 heavy (non-hydrogen) atoms. The molecule has 6 heteroatoms. The number of pyridine rings is 1. The van der Waals surface area contributed by atoms with Gasteiger partial charge in [-0.15, -0.1) is 0 Å². The van der Waals surface area contributed by atoms with Crippen LogP contribution in [0, 0.1) is 5.92 Å². The van der Waals surface area contributed by atoms with Gasteiger partial charge in [-0.3, -0.25) is 14.7 Å². The normalized spacial score (nSPS) is 17.8. The molecule has 4 rings (SSSR count). The van der Waals surface area contributed by atoms with E-state index in [-0.39, 0.29) is 11.8 Å². The van der Waals surface area contributed by atoms with E-state index in [0.29, 0.717) is 0 Å². The summed E-state index contributed by atoms with van der Waals surface area (Å²) in [6.07, 6.45) is 8.96. The molecule has 0 radical (unpaired) electrons. The van der Waals surface area contributed by atoms with E-state index in [4.69, 9.17) is 0 Å². The van der Waals surface area contributed by atoms with Crippen LogP contribution in [-0.4, -0.2) is 56.8 Å². The second-order valence-electron chi connectivity index (χ2n) is 7.94. The first-order chi connectivity index (χ1) is 14.7. The second kappa shape index (κ2) is 9.67. The summed E-state index contributed by atoms with van der Waals surface area (Å²) in [4.78, 5) is 29.4. The van der Waals surface area contributed by atoms with Crippen LogP contribution in [0.3, 0.4) is 0 Å². The van der Waals surface area contributed by atoms with Crippen LogP contribution in [-0.2, 0) is 17.8 Å². The lowest BCUT2D eigenvalue weighted by molar-refractivity contribution is -0.134. The molecule has 1 aliphatic rings. The van der Waals surface area contributed by atoms with Crippen LogP contribution in [0.1, 0.15) is 24.6 Å². The van der Waals surface area contributed by atoms with Crippen LogP contribution in [0.15, 0.2) is 61.3 Å². The molecule has 1 aromatic carbocycles. The van der Waals surface area contributed by atoms with Crippen LogP contribution >= 0.6 is 0 Å². The lowest BCUT2D eigenvalue weighted by atomic mass is 9.91. The third kappa shape index (κ3) is 4.76. The van der Waals surface area contributed by atoms with Crippen molar-refractivity contribution in [2.45, 2.75) is 26.3 Å². The maximum absolute atomic E-state index is 13.4. The standard InChI is InChI=1S/C24H29N5O/c1-2-10-29-12-11-28(17-22-15-26-18-27-22)16-21(24(29)30)13-19-6-3-4-8-23(19)20-7-5-9-25-14-20/h3-9,14-15,18,21H,2,10-13,16-17H2,1H3,(H,26,27). The second-order valence-corrected chi connectivity index (χ2v) is 7.94. The number of carbonyl (C=O) groups excluding carboxylic acids is 1. The molecule has 0 saturated carbocycles. The molecule has 1 fully saturated rings. The summed E-state index contributed by atoms with van der Waals surface area (Å²) in [6.45, 7) is 6.14. The van der Waals surface area contributed by atoms with E-state index in [9.17, 15) is 4.79 Å². The van der Waals surface area contributed by atoms with Crippen molar-refractivity contribution in [2.75, 3.05) is 26.2 Å². The number of imidazole rings is 1. The Hall–Kier alpha value is -2.99. The number of aromatic nitrogens is 3. The van der Waals surface area contributed by atoms with E-state index in [0.717, 1.165) is 62.4 Å². The zero-order valence-corrected chi connectivity index (χ0v) is 17.5. The number of nitrogens with one attached hydrogen (secondary N) is 1. The predicted molar refractivity (Wildman–Crippen MR) is 118 cm³/mol. The number of amides is 1. The Morgan fingerprint density at radius 2 is 2.00 bits per heavy atom. The molecule has 1 unspecified atom stereocenters. The van der Waals surface area contributed by atoms with Crippen molar-refractivity contribution >= 4 is 5.91 Å². The number of nitrogens with zero attached hydrogens (tertiary/aromatic N) is 4. The lowest BCUT2D eigenvalue weighted by Crippen LogP contribution is -2.37. The molecule has 2 aromatic heterocycles. The van der Waals surface area contributed by atoms with E-state index in [1.165, 1.54) is 5.56 Å². The Bertz CT molecular complexity index is 941. The van der Waals surface area contributed by atoms with Crippen molar-refractivity contribution < 1.29 is 4.79 Å². The Balaban J connectivity index is 1.59. The summed E-state index contributed by atoms with van der Waals surface area (Å²) in [5, 5.41) is 0. The maximum atomic E-state index is 13.4. The number of benzene rings is 1. The summed E-state index contributed by atoms with van der Waals surface area (Å²) >= 11 is 0. The summed E-state index contributed by atoms with van der Waals surface area (Å²) in [7, 11) is 0. The number of hydrogen-bond donors (Lipinski definition) is 1. The van der Waals surface area contributed by atoms with Crippen LogP contribution in [0.4, 0.5) is 0 Å². The first kappa shape index (κ1) is 20.3. The van der Waals surface area contributed by atoms with Gasteiger partial charge >= 0.3 is 0 Å². The molecule has 0 bridgehead atoms. The summed E-state index contributed by atoms with van der Waals surface area (Å²) < 4.78 is 0. The largest absolute Gasteiger partial charge is 0.347 e. The van der Waals surface area contributed by atoms with Gasteiger partial charge in [0.1, 0.15) is 0 Å². The fourth-order valence-corrected chi connectivity index (χ4v) is 4.28. The predicted octanol–water partition coefficient (Wildman–Crippen LogP) is 3.38. The molecule has 1 amide bonds. The molecule has 0 aliphatic carbocycles. The van der Waals surface area contributed by atoms with E-state index in [1.54, 1.807) is 12.5 Å². The van der Waals surface area contributed by atoms with Gasteiger partial charge in [0.15, 0.2) is 0 Å². The van der Waals surface area contributed by atoms with E-state index in [1.807, 2.05) is 23.4 Å². The highest BCUT2D eigenvalue weighted by Crippen LogP contribution is 2.27. The molecule has 1 atom stereocenters. The van der Waals surface area contributed by atoms with Crippen molar-refractivity contribution in [1.29, 1.82) is 0 Å². The van der Waals surface area contributed by atoms with E-state index in [2.05, 4.69) is 57.1 Å². The quantitative estimate of drug-likeness (QED) is 0.657. The van der Waals surface area contributed by atoms with Gasteiger partial charge in [-0.1, -0.05) is 37.3 Å². The zero-order chi connectivity index (χ0) is 20.8. The molecule has 1 aliphatic heterocycles. The minimum absolute atomic E-state index is 0.0696. The Labute approximate surface area is 178 Å². The molecule has 0 spiro atoms. The minimum atomic E-state index is -0.0696. The zero-order valence-electron chi connectivity index (χ0n) is 17.5. The topological polar surface area (TPSA) is 65.1 Å². The molecule has 156 valence electrons. The fourth-order valence-electron chi connectivity index (χ4n) is 4.28. The third-order valence-electron chi connectivity index (χ3n) is 5.72. The van der Waals surface area contributed by atoms with Crippen molar-refractivity contribution in [3.8, 4) is 11.1 Å². The van der Waals surface area contributed by atoms with Gasteiger partial charge in [0, 0.05) is 62.6 Å². The number of hydrogen-bond acceptors (Lipinski definition) is 4. The highest BCUT2D eigenvalue weighted by Gasteiger charge is 2.30. The molecular formula is C24H29N5O. The van der Waals surface area contributed by atoms with Gasteiger partial charge in [-0.05, 0) is 30.0 Å². The average molecular weight is 404 g/mol. The number of carbonyl (C=O) groups is 1. The van der Waals surface area contributed by atoms with Crippen LogP contribution < -0.4 is 0 Å². The SMILES string of the molecule is CCCN1CCN(Cc2cnc[nH]2)CC(Cc2ccccc2-c2cccnc2)C1=O. The molecule has 3 aromatic rings. The van der Waals surface area contributed by atoms with Gasteiger partial charge < -0.3 is 9.88 Å². The van der Waals surface area contributed by atoms with Crippen molar-refractivity contribution in [3.63, 3.8) is 0 Å². The van der Waals surface area contributed by atoms with Gasteiger partial charge in [-0.2, -0.15) is 0 Å². The molecular weight excluding hydrogens is 374 g/mol. The molecule has 1 saturated heterocycles. The highest BCUT2D eigenvalue weighted by molar-refractivity contribution is 5.80. The number of H-pyrrole nitrogens is 1. The van der Waals surface area contributed by atoms with Gasteiger partial charge in [-0.25, -0.2) is 4.98 Å². The van der Waals surface area contributed by atoms with Crippen molar-refractivity contribution in [3.05, 3.63) is 72.6 Å². The first-order valence-corrected chi connectivity index (χ1v) is 10.7. The molecule has 1 N–H and O–H groups in total. The smallest absolute Gasteiger partial charge is 0.227 e. The van der Waals surface area contributed by atoms with Crippen LogP contribution in [0.2, 0.25) is 0 Å². The minimum Gasteiger partial charge on any atom is -0.347 e. The number of rotatable bonds is 7. The lowest BCUT2D eigenvalue weighted by Gasteiger charge is -2.24. The Kier molecular flexibility index (Phi) is 6.54. The first-order valence-electron chi connectivity index (χ1n) is 10.7. The fraction of sp³-hybridized carbons (Fsp3) is 0.375. The summed E-state index contributed by atoms with van der Waals surface area (Å²) in [5.74, 6) is 0.199. The van der Waals surface area contributed by atoms with Crippen molar-refractivity contribution in [1.82, 2.24) is 24.8 Å². The average Bonchev–Trinajstić information content (AvgIpc) is 3.24. The van der Waals surface area contributed by atoms with Gasteiger partial charge in [0.05, 0.1) is 12.2 Å². The molecule has 3 heterocycles. The maximum Gasteiger partial charge on any atom is 0.227 e. The number of aromatic amines is 1. The monoisotopic (exact) mass is 403 g/mol. The summed E-state index contributed by atoms with van der Waals surface area (Å²) in [5.41, 5.74) is 4.53. The Morgan fingerprint density at radius 1 is 1.10 bits per heavy atom. The van der Waals surface area contributed by atoms with Crippen molar-refractivity contribution in [2.24, 2.45) is 5.92 Å². The highest BCUT2D eigenvalue weighted by atomic mass is 16.2. The van der Waals surface area contributed by atoms with E-state index >= 15 is 0 Å². The van der Waals surface area contributed by atoms with E-state index < -0.39 is 0 Å². The van der Waals surface area contributed by atoms with Crippen LogP contribution in [0.5, 0.6) is 0 Å². The van der Waals surface area contributed by atoms with Gasteiger partial charge in [0.25, 0.3) is 0 Å².